The van der Waals surface area contributed by atoms with Crippen molar-refractivity contribution < 1.29 is 10.2 Å². The average Bonchev–Trinajstić information content (AvgIpc) is 3.03. The highest BCUT2D eigenvalue weighted by Crippen LogP contribution is 2.68. The smallest absolute Gasteiger partial charge is 0.0622 e. The molecule has 2 nitrogen and oxygen atoms in total. The van der Waals surface area contributed by atoms with Crippen molar-refractivity contribution in [1.82, 2.24) is 0 Å². The van der Waals surface area contributed by atoms with E-state index >= 15 is 0 Å². The van der Waals surface area contributed by atoms with Gasteiger partial charge in [0.15, 0.2) is 0 Å². The highest BCUT2D eigenvalue weighted by molar-refractivity contribution is 5.10. The standard InChI is InChI=1S/C28H50O2/c1-18(2)7-12-25(29)19(3)22-10-11-23-21-9-8-20-17-26(4,30)15-16-27(20,5)24(21)13-14-28(22,23)6/h18-25,29-30H,7-17H2,1-6H3/t19-,20-,21-,22+,23-,24-,25+,26-,27-,28+/m0/s1. The molecule has 0 aromatic heterocycles. The van der Waals surface area contributed by atoms with E-state index in [1.54, 1.807) is 0 Å². The Morgan fingerprint density at radius 1 is 0.800 bits per heavy atom. The molecule has 4 aliphatic rings. The Morgan fingerprint density at radius 3 is 2.20 bits per heavy atom. The minimum Gasteiger partial charge on any atom is -0.393 e. The predicted molar refractivity (Wildman–Crippen MR) is 125 cm³/mol. The van der Waals surface area contributed by atoms with Gasteiger partial charge in [0.2, 0.25) is 0 Å². The fourth-order valence-corrected chi connectivity index (χ4v) is 9.37. The molecule has 0 aromatic rings. The van der Waals surface area contributed by atoms with Crippen molar-refractivity contribution in [3.05, 3.63) is 0 Å². The van der Waals surface area contributed by atoms with Crippen LogP contribution in [0.4, 0.5) is 0 Å². The molecule has 0 spiro atoms. The lowest BCUT2D eigenvalue weighted by atomic mass is 9.43. The van der Waals surface area contributed by atoms with E-state index in [4.69, 9.17) is 0 Å². The monoisotopic (exact) mass is 418 g/mol. The second kappa shape index (κ2) is 8.05. The highest BCUT2D eigenvalue weighted by atomic mass is 16.3. The predicted octanol–water partition coefficient (Wildman–Crippen LogP) is 6.83. The first-order valence-corrected chi connectivity index (χ1v) is 13.4. The Bertz CT molecular complexity index is 612. The van der Waals surface area contributed by atoms with Gasteiger partial charge in [-0.1, -0.05) is 34.6 Å². The molecule has 0 bridgehead atoms. The van der Waals surface area contributed by atoms with Gasteiger partial charge in [-0.05, 0) is 130 Å². The Labute approximate surface area is 186 Å². The third kappa shape index (κ3) is 3.81. The van der Waals surface area contributed by atoms with Crippen LogP contribution in [0.3, 0.4) is 0 Å². The molecule has 2 heteroatoms. The molecule has 0 heterocycles. The van der Waals surface area contributed by atoms with E-state index in [2.05, 4.69) is 41.5 Å². The number of aliphatic hydroxyl groups is 2. The van der Waals surface area contributed by atoms with E-state index in [-0.39, 0.29) is 6.10 Å². The molecule has 30 heavy (non-hydrogen) atoms. The van der Waals surface area contributed by atoms with Crippen LogP contribution >= 0.6 is 0 Å². The summed E-state index contributed by atoms with van der Waals surface area (Å²) >= 11 is 0. The molecule has 0 unspecified atom stereocenters. The molecule has 4 aliphatic carbocycles. The molecule has 4 saturated carbocycles. The zero-order valence-corrected chi connectivity index (χ0v) is 20.8. The molecule has 10 atom stereocenters. The lowest BCUT2D eigenvalue weighted by Gasteiger charge is -2.62. The average molecular weight is 419 g/mol. The number of hydrogen-bond donors (Lipinski definition) is 2. The van der Waals surface area contributed by atoms with Crippen molar-refractivity contribution in [3.63, 3.8) is 0 Å². The molecule has 0 amide bonds. The van der Waals surface area contributed by atoms with E-state index in [0.717, 1.165) is 49.4 Å². The molecule has 0 saturated heterocycles. The number of fused-ring (bicyclic) bond motifs is 5. The van der Waals surface area contributed by atoms with Crippen molar-refractivity contribution in [3.8, 4) is 0 Å². The van der Waals surface area contributed by atoms with Gasteiger partial charge in [-0.3, -0.25) is 0 Å². The van der Waals surface area contributed by atoms with Gasteiger partial charge in [0.05, 0.1) is 11.7 Å². The van der Waals surface area contributed by atoms with Gasteiger partial charge in [-0.15, -0.1) is 0 Å². The lowest BCUT2D eigenvalue weighted by molar-refractivity contribution is -0.149. The van der Waals surface area contributed by atoms with Crippen LogP contribution in [-0.2, 0) is 0 Å². The second-order valence-electron chi connectivity index (χ2n) is 13.5. The number of aliphatic hydroxyl groups excluding tert-OH is 1. The summed E-state index contributed by atoms with van der Waals surface area (Å²) in [6.07, 6.45) is 13.4. The van der Waals surface area contributed by atoms with Crippen LogP contribution in [0.25, 0.3) is 0 Å². The topological polar surface area (TPSA) is 40.5 Å². The Morgan fingerprint density at radius 2 is 1.50 bits per heavy atom. The first kappa shape index (κ1) is 23.1. The summed E-state index contributed by atoms with van der Waals surface area (Å²) in [5.41, 5.74) is 0.454. The summed E-state index contributed by atoms with van der Waals surface area (Å²) in [4.78, 5) is 0. The summed E-state index contributed by atoms with van der Waals surface area (Å²) in [6.45, 7) is 14.2. The van der Waals surface area contributed by atoms with Crippen molar-refractivity contribution in [2.45, 2.75) is 124 Å². The summed E-state index contributed by atoms with van der Waals surface area (Å²) in [5.74, 6) is 5.15. The summed E-state index contributed by atoms with van der Waals surface area (Å²) in [7, 11) is 0. The first-order chi connectivity index (χ1) is 14.0. The van der Waals surface area contributed by atoms with Gasteiger partial charge in [0.1, 0.15) is 0 Å². The van der Waals surface area contributed by atoms with Gasteiger partial charge in [0, 0.05) is 0 Å². The van der Waals surface area contributed by atoms with Crippen LogP contribution in [-0.4, -0.2) is 21.9 Å². The van der Waals surface area contributed by atoms with E-state index in [1.165, 1.54) is 44.9 Å². The molecule has 174 valence electrons. The molecule has 4 rings (SSSR count). The highest BCUT2D eigenvalue weighted by Gasteiger charge is 2.61. The van der Waals surface area contributed by atoms with E-state index in [0.29, 0.717) is 28.6 Å². The maximum Gasteiger partial charge on any atom is 0.0622 e. The minimum atomic E-state index is -0.430. The summed E-state index contributed by atoms with van der Waals surface area (Å²) in [6, 6.07) is 0. The van der Waals surface area contributed by atoms with Crippen molar-refractivity contribution in [2.24, 2.45) is 52.3 Å². The van der Waals surface area contributed by atoms with Crippen LogP contribution in [0.5, 0.6) is 0 Å². The van der Waals surface area contributed by atoms with Gasteiger partial charge in [0.25, 0.3) is 0 Å². The lowest BCUT2D eigenvalue weighted by Crippen LogP contribution is -2.55. The van der Waals surface area contributed by atoms with Crippen LogP contribution in [0.15, 0.2) is 0 Å². The van der Waals surface area contributed by atoms with Crippen LogP contribution in [0.2, 0.25) is 0 Å². The molecular weight excluding hydrogens is 368 g/mol. The van der Waals surface area contributed by atoms with Gasteiger partial charge in [-0.25, -0.2) is 0 Å². The normalized spacial score (nSPS) is 50.5. The molecule has 0 aliphatic heterocycles. The largest absolute Gasteiger partial charge is 0.393 e. The number of rotatable bonds is 5. The Hall–Kier alpha value is -0.0800. The van der Waals surface area contributed by atoms with Crippen LogP contribution in [0, 0.1) is 52.3 Å². The molecular formula is C28H50O2. The summed E-state index contributed by atoms with van der Waals surface area (Å²) in [5, 5.41) is 21.7. The minimum absolute atomic E-state index is 0.125. The van der Waals surface area contributed by atoms with Crippen molar-refractivity contribution in [1.29, 1.82) is 0 Å². The van der Waals surface area contributed by atoms with Crippen molar-refractivity contribution in [2.75, 3.05) is 0 Å². The van der Waals surface area contributed by atoms with Gasteiger partial charge in [-0.2, -0.15) is 0 Å². The summed E-state index contributed by atoms with van der Waals surface area (Å²) < 4.78 is 0. The molecule has 0 radical (unpaired) electrons. The zero-order chi connectivity index (χ0) is 21.9. The fraction of sp³-hybridized carbons (Fsp3) is 1.00. The molecule has 2 N–H and O–H groups in total. The fourth-order valence-electron chi connectivity index (χ4n) is 9.37. The SMILES string of the molecule is CC(C)CC[C@@H](O)[C@@H](C)[C@H]1CC[C@H]2[C@@H]3CC[C@H]4C[C@@](C)(O)CC[C@]4(C)[C@H]3CC[C@]12C. The maximum absolute atomic E-state index is 11.0. The zero-order valence-electron chi connectivity index (χ0n) is 20.8. The van der Waals surface area contributed by atoms with Gasteiger partial charge < -0.3 is 10.2 Å². The number of hydrogen-bond acceptors (Lipinski definition) is 2. The third-order valence-corrected chi connectivity index (χ3v) is 11.3. The van der Waals surface area contributed by atoms with E-state index in [9.17, 15) is 10.2 Å². The van der Waals surface area contributed by atoms with E-state index < -0.39 is 5.60 Å². The van der Waals surface area contributed by atoms with Crippen molar-refractivity contribution >= 4 is 0 Å². The first-order valence-electron chi connectivity index (χ1n) is 13.4. The Balaban J connectivity index is 1.49. The van der Waals surface area contributed by atoms with E-state index in [1.807, 2.05) is 0 Å². The molecule has 0 aromatic carbocycles. The maximum atomic E-state index is 11.0. The van der Waals surface area contributed by atoms with Crippen LogP contribution in [0.1, 0.15) is 112 Å². The van der Waals surface area contributed by atoms with Gasteiger partial charge >= 0.3 is 0 Å². The Kier molecular flexibility index (Phi) is 6.20. The second-order valence-corrected chi connectivity index (χ2v) is 13.5. The third-order valence-electron chi connectivity index (χ3n) is 11.3. The molecule has 4 fully saturated rings. The van der Waals surface area contributed by atoms with Crippen LogP contribution < -0.4 is 0 Å². The quantitative estimate of drug-likeness (QED) is 0.513.